The van der Waals surface area contributed by atoms with E-state index < -0.39 is 0 Å². The van der Waals surface area contributed by atoms with Crippen LogP contribution in [0.3, 0.4) is 0 Å². The Hall–Kier alpha value is -4.65. The minimum absolute atomic E-state index is 0.0182. The summed E-state index contributed by atoms with van der Waals surface area (Å²) in [5.41, 5.74) is 9.97. The summed E-state index contributed by atoms with van der Waals surface area (Å²) in [6, 6.07) is 18.2. The van der Waals surface area contributed by atoms with E-state index in [1.54, 1.807) is 0 Å². The number of hydrogen-bond donors (Lipinski definition) is 2. The largest absolute Gasteiger partial charge is 0.457 e. The number of rotatable bonds is 6. The zero-order chi connectivity index (χ0) is 30.2. The number of aliphatic hydroxyl groups excluding tert-OH is 1. The summed E-state index contributed by atoms with van der Waals surface area (Å²) in [5, 5.41) is 11.0. The average Bonchev–Trinajstić information content (AvgIpc) is 3.34. The van der Waals surface area contributed by atoms with Crippen LogP contribution in [0.15, 0.2) is 73.6 Å². The Bertz CT molecular complexity index is 1740. The molecule has 3 fully saturated rings. The smallest absolute Gasteiger partial charge is 0.245 e. The molecule has 2 saturated heterocycles. The number of amides is 1. The number of hydrogen-bond acceptors (Lipinski definition) is 7. The van der Waals surface area contributed by atoms with E-state index in [9.17, 15) is 9.90 Å². The first-order valence-electron chi connectivity index (χ1n) is 15.3. The van der Waals surface area contributed by atoms with Crippen LogP contribution in [-0.2, 0) is 4.79 Å². The number of carbonyl (C=O) groups is 1. The lowest BCUT2D eigenvalue weighted by Gasteiger charge is -2.45. The van der Waals surface area contributed by atoms with Crippen molar-refractivity contribution in [3.63, 3.8) is 0 Å². The Balaban J connectivity index is 1.18. The van der Waals surface area contributed by atoms with Crippen molar-refractivity contribution >= 4 is 22.8 Å². The summed E-state index contributed by atoms with van der Waals surface area (Å²) in [6.45, 7) is 6.99. The highest BCUT2D eigenvalue weighted by Crippen LogP contribution is 2.43. The van der Waals surface area contributed by atoms with Crippen LogP contribution in [-0.4, -0.2) is 73.7 Å². The summed E-state index contributed by atoms with van der Waals surface area (Å²) in [6.07, 6.45) is 5.82. The lowest BCUT2D eigenvalue weighted by atomic mass is 9.89. The first-order valence-corrected chi connectivity index (χ1v) is 15.3. The lowest BCUT2D eigenvalue weighted by Crippen LogP contribution is -2.55. The van der Waals surface area contributed by atoms with Gasteiger partial charge in [-0.3, -0.25) is 9.69 Å². The molecule has 3 N–H and O–H groups in total. The van der Waals surface area contributed by atoms with Crippen LogP contribution in [0.1, 0.15) is 37.4 Å². The first-order chi connectivity index (χ1) is 21.5. The van der Waals surface area contributed by atoms with Gasteiger partial charge in [0.05, 0.1) is 11.5 Å². The van der Waals surface area contributed by atoms with Gasteiger partial charge in [-0.1, -0.05) is 42.8 Å². The number of aliphatic hydroxyl groups is 1. The average molecular weight is 589 g/mol. The number of piperidine rings is 1. The van der Waals surface area contributed by atoms with Gasteiger partial charge in [0.1, 0.15) is 35.0 Å². The lowest BCUT2D eigenvalue weighted by molar-refractivity contribution is -0.127. The van der Waals surface area contributed by atoms with Crippen molar-refractivity contribution in [3.05, 3.63) is 79.3 Å². The molecule has 0 unspecified atom stereocenters. The predicted octanol–water partition coefficient (Wildman–Crippen LogP) is 4.63. The summed E-state index contributed by atoms with van der Waals surface area (Å²) >= 11 is 0. The Morgan fingerprint density at radius 2 is 1.70 bits per heavy atom. The van der Waals surface area contributed by atoms with E-state index >= 15 is 0 Å². The summed E-state index contributed by atoms with van der Waals surface area (Å²) < 4.78 is 8.20. The molecule has 9 heteroatoms. The first kappa shape index (κ1) is 28.1. The van der Waals surface area contributed by atoms with Crippen LogP contribution in [0.4, 0.5) is 5.82 Å². The number of para-hydroxylation sites is 1. The van der Waals surface area contributed by atoms with E-state index in [1.807, 2.05) is 59.5 Å². The van der Waals surface area contributed by atoms with Crippen LogP contribution in [0.2, 0.25) is 0 Å². The maximum Gasteiger partial charge on any atom is 0.245 e. The van der Waals surface area contributed by atoms with Crippen molar-refractivity contribution in [2.45, 2.75) is 43.9 Å². The van der Waals surface area contributed by atoms with Crippen molar-refractivity contribution in [1.29, 1.82) is 0 Å². The van der Waals surface area contributed by atoms with Crippen molar-refractivity contribution in [3.8, 4) is 34.5 Å². The molecule has 9 nitrogen and oxygen atoms in total. The Morgan fingerprint density at radius 1 is 1.00 bits per heavy atom. The fraction of sp³-hybridized carbons (Fsp3) is 0.343. The van der Waals surface area contributed by atoms with Gasteiger partial charge < -0.3 is 25.0 Å². The third-order valence-electron chi connectivity index (χ3n) is 9.16. The second kappa shape index (κ2) is 11.8. The van der Waals surface area contributed by atoms with E-state index in [0.29, 0.717) is 24.7 Å². The molecular weight excluding hydrogens is 552 g/mol. The van der Waals surface area contributed by atoms with Gasteiger partial charge >= 0.3 is 0 Å². The fourth-order valence-electron chi connectivity index (χ4n) is 6.65. The summed E-state index contributed by atoms with van der Waals surface area (Å²) in [4.78, 5) is 25.3. The monoisotopic (exact) mass is 588 g/mol. The van der Waals surface area contributed by atoms with E-state index in [4.69, 9.17) is 10.5 Å². The molecule has 44 heavy (non-hydrogen) atoms. The van der Waals surface area contributed by atoms with Crippen molar-refractivity contribution < 1.29 is 14.6 Å². The van der Waals surface area contributed by atoms with Gasteiger partial charge in [-0.05, 0) is 67.5 Å². The zero-order valence-corrected chi connectivity index (χ0v) is 24.6. The van der Waals surface area contributed by atoms with E-state index in [1.165, 1.54) is 12.4 Å². The highest BCUT2D eigenvalue weighted by molar-refractivity contribution is 6.03. The number of ether oxygens (including phenoxy) is 1. The fourth-order valence-corrected chi connectivity index (χ4v) is 6.65. The molecule has 0 bridgehead atoms. The molecule has 1 amide bonds. The minimum atomic E-state index is -0.330. The SMILES string of the molecule is C=CC(=O)N1CCC(N2CC(C#Cc3c(-c4ccc(Oc5ccccc5)cc4)c4c(N)ncnc4n3[C@H]3C[C@H](O)C3)C2)CC1. The van der Waals surface area contributed by atoms with Crippen LogP contribution in [0.5, 0.6) is 11.5 Å². The van der Waals surface area contributed by atoms with E-state index in [-0.39, 0.29) is 24.0 Å². The maximum absolute atomic E-state index is 12.0. The number of nitrogens with two attached hydrogens (primary N) is 1. The van der Waals surface area contributed by atoms with Crippen molar-refractivity contribution in [2.75, 3.05) is 31.9 Å². The van der Waals surface area contributed by atoms with Crippen molar-refractivity contribution in [2.24, 2.45) is 5.92 Å². The number of nitrogen functional groups attached to an aromatic ring is 1. The van der Waals surface area contributed by atoms with Crippen LogP contribution >= 0.6 is 0 Å². The molecular formula is C35H36N6O3. The molecule has 2 aliphatic heterocycles. The van der Waals surface area contributed by atoms with Crippen LogP contribution in [0.25, 0.3) is 22.2 Å². The number of likely N-dealkylation sites (tertiary alicyclic amines) is 2. The van der Waals surface area contributed by atoms with Crippen LogP contribution in [0, 0.1) is 17.8 Å². The molecule has 2 aromatic heterocycles. The number of nitrogens with zero attached hydrogens (tertiary/aromatic N) is 5. The molecule has 4 heterocycles. The zero-order valence-electron chi connectivity index (χ0n) is 24.6. The van der Waals surface area contributed by atoms with Crippen LogP contribution < -0.4 is 10.5 Å². The van der Waals surface area contributed by atoms with E-state index in [2.05, 4.69) is 37.9 Å². The molecule has 0 spiro atoms. The van der Waals surface area contributed by atoms with Gasteiger partial charge in [0.2, 0.25) is 5.91 Å². The number of aromatic nitrogens is 3. The van der Waals surface area contributed by atoms with Gasteiger partial charge in [0, 0.05) is 49.7 Å². The molecule has 7 rings (SSSR count). The van der Waals surface area contributed by atoms with Gasteiger partial charge in [-0.15, -0.1) is 0 Å². The number of anilines is 1. The molecule has 4 aromatic rings. The second-order valence-electron chi connectivity index (χ2n) is 12.0. The quantitative estimate of drug-likeness (QED) is 0.250. The predicted molar refractivity (Wildman–Crippen MR) is 170 cm³/mol. The highest BCUT2D eigenvalue weighted by Gasteiger charge is 2.36. The third kappa shape index (κ3) is 5.32. The Kier molecular flexibility index (Phi) is 7.54. The number of fused-ring (bicyclic) bond motifs is 1. The summed E-state index contributed by atoms with van der Waals surface area (Å²) in [7, 11) is 0. The van der Waals surface area contributed by atoms with Gasteiger partial charge in [-0.2, -0.15) is 0 Å². The Morgan fingerprint density at radius 3 is 2.39 bits per heavy atom. The number of benzene rings is 2. The van der Waals surface area contributed by atoms with E-state index in [0.717, 1.165) is 78.4 Å². The molecule has 224 valence electrons. The standard InChI is InChI=1S/C35H36N6O3/c1-2-31(43)39-16-14-25(15-17-39)40-20-23(21-40)8-13-30-32(24-9-11-29(12-10-24)44-28-6-4-3-5-7-28)33-34(36)37-22-38-35(33)41(30)26-18-27(42)19-26/h2-7,9-12,22-23,25-27,42H,1,14-21H2,(H2,36,37,38)/t26-,27-. The van der Waals surface area contributed by atoms with Gasteiger partial charge in [-0.25, -0.2) is 9.97 Å². The second-order valence-corrected chi connectivity index (χ2v) is 12.0. The minimum Gasteiger partial charge on any atom is -0.457 e. The van der Waals surface area contributed by atoms with Crippen molar-refractivity contribution in [1.82, 2.24) is 24.3 Å². The molecule has 0 radical (unpaired) electrons. The summed E-state index contributed by atoms with van der Waals surface area (Å²) in [5.74, 6) is 9.30. The molecule has 1 aliphatic carbocycles. The third-order valence-corrected chi connectivity index (χ3v) is 9.16. The van der Waals surface area contributed by atoms with Gasteiger partial charge in [0.15, 0.2) is 0 Å². The Labute approximate surface area is 257 Å². The maximum atomic E-state index is 12.0. The topological polar surface area (TPSA) is 110 Å². The highest BCUT2D eigenvalue weighted by atomic mass is 16.5. The molecule has 0 atom stereocenters. The molecule has 2 aromatic carbocycles. The number of carbonyl (C=O) groups excluding carboxylic acids is 1. The molecule has 1 saturated carbocycles. The normalized spacial score (nSPS) is 20.8. The van der Waals surface area contributed by atoms with Gasteiger partial charge in [0.25, 0.3) is 0 Å². The molecule has 3 aliphatic rings.